The molecule has 0 saturated heterocycles. The van der Waals surface area contributed by atoms with Crippen molar-refractivity contribution in [3.8, 4) is 0 Å². The zero-order valence-electron chi connectivity index (χ0n) is 13.4. The first-order chi connectivity index (χ1) is 10.9. The van der Waals surface area contributed by atoms with Crippen molar-refractivity contribution >= 4 is 28.8 Å². The van der Waals surface area contributed by atoms with E-state index in [-0.39, 0.29) is 11.3 Å². The van der Waals surface area contributed by atoms with Crippen LogP contribution in [0.4, 0.5) is 0 Å². The van der Waals surface area contributed by atoms with Crippen molar-refractivity contribution in [2.75, 3.05) is 13.1 Å². The fraction of sp³-hybridized carbons (Fsp3) is 0.412. The standard InChI is InChI=1S/C17H22ClN3OS/c1-17(2,9-12-4-3-5-13(18)8-12)11-20-16(22)14-10-23-15(21-14)6-7-19/h3-5,8,10H,6-7,9,11,19H2,1-2H3,(H,20,22). The summed E-state index contributed by atoms with van der Waals surface area (Å²) in [4.78, 5) is 16.5. The van der Waals surface area contributed by atoms with E-state index in [0.717, 1.165) is 22.0 Å². The van der Waals surface area contributed by atoms with Gasteiger partial charge in [-0.1, -0.05) is 37.6 Å². The van der Waals surface area contributed by atoms with Gasteiger partial charge in [-0.25, -0.2) is 4.98 Å². The number of amides is 1. The van der Waals surface area contributed by atoms with Gasteiger partial charge in [0.15, 0.2) is 0 Å². The summed E-state index contributed by atoms with van der Waals surface area (Å²) >= 11 is 7.50. The van der Waals surface area contributed by atoms with Crippen molar-refractivity contribution in [2.24, 2.45) is 11.1 Å². The molecule has 0 saturated carbocycles. The summed E-state index contributed by atoms with van der Waals surface area (Å²) in [7, 11) is 0. The summed E-state index contributed by atoms with van der Waals surface area (Å²) in [5.41, 5.74) is 7.06. The van der Waals surface area contributed by atoms with E-state index in [1.165, 1.54) is 11.3 Å². The maximum atomic E-state index is 12.2. The van der Waals surface area contributed by atoms with E-state index in [2.05, 4.69) is 30.2 Å². The molecule has 2 rings (SSSR count). The van der Waals surface area contributed by atoms with Gasteiger partial charge in [-0.2, -0.15) is 0 Å². The number of hydrogen-bond acceptors (Lipinski definition) is 4. The molecule has 1 aromatic carbocycles. The van der Waals surface area contributed by atoms with Crippen LogP contribution in [0.1, 0.15) is 34.9 Å². The Morgan fingerprint density at radius 1 is 1.43 bits per heavy atom. The van der Waals surface area contributed by atoms with E-state index in [0.29, 0.717) is 25.2 Å². The van der Waals surface area contributed by atoms with Crippen molar-refractivity contribution in [1.29, 1.82) is 0 Å². The molecule has 0 aliphatic rings. The third kappa shape index (κ3) is 5.61. The lowest BCUT2D eigenvalue weighted by molar-refractivity contribution is 0.0932. The summed E-state index contributed by atoms with van der Waals surface area (Å²) in [5.74, 6) is -0.135. The molecule has 1 heterocycles. The lowest BCUT2D eigenvalue weighted by atomic mass is 9.85. The van der Waals surface area contributed by atoms with Crippen molar-refractivity contribution < 1.29 is 4.79 Å². The summed E-state index contributed by atoms with van der Waals surface area (Å²) in [6.45, 7) is 5.35. The molecule has 3 N–H and O–H groups in total. The topological polar surface area (TPSA) is 68.0 Å². The molecule has 1 amide bonds. The van der Waals surface area contributed by atoms with Gasteiger partial charge >= 0.3 is 0 Å². The first-order valence-electron chi connectivity index (χ1n) is 7.57. The van der Waals surface area contributed by atoms with Crippen molar-refractivity contribution in [3.05, 3.63) is 50.9 Å². The summed E-state index contributed by atoms with van der Waals surface area (Å²) < 4.78 is 0. The van der Waals surface area contributed by atoms with Gasteiger partial charge in [0.05, 0.1) is 5.01 Å². The van der Waals surface area contributed by atoms with Gasteiger partial charge in [-0.3, -0.25) is 4.79 Å². The molecule has 2 aromatic rings. The van der Waals surface area contributed by atoms with Gasteiger partial charge in [0.25, 0.3) is 5.91 Å². The van der Waals surface area contributed by atoms with Crippen LogP contribution in [-0.2, 0) is 12.8 Å². The van der Waals surface area contributed by atoms with Crippen LogP contribution in [0.3, 0.4) is 0 Å². The Balaban J connectivity index is 1.91. The normalized spacial score (nSPS) is 11.5. The predicted octanol–water partition coefficient (Wildman–Crippen LogP) is 3.30. The second-order valence-corrected chi connectivity index (χ2v) is 7.70. The number of aromatic nitrogens is 1. The van der Waals surface area contributed by atoms with Gasteiger partial charge in [-0.15, -0.1) is 11.3 Å². The van der Waals surface area contributed by atoms with Crippen LogP contribution >= 0.6 is 22.9 Å². The Labute approximate surface area is 146 Å². The lowest BCUT2D eigenvalue weighted by Gasteiger charge is -2.25. The molecule has 0 unspecified atom stereocenters. The van der Waals surface area contributed by atoms with E-state index in [1.807, 2.05) is 18.2 Å². The molecule has 23 heavy (non-hydrogen) atoms. The second kappa shape index (κ2) is 7.90. The molecule has 4 nitrogen and oxygen atoms in total. The number of halogens is 1. The van der Waals surface area contributed by atoms with Crippen LogP contribution in [0.2, 0.25) is 5.02 Å². The molecule has 0 atom stereocenters. The Kier molecular flexibility index (Phi) is 6.16. The minimum atomic E-state index is -0.135. The number of benzene rings is 1. The number of thiazole rings is 1. The molecular formula is C17H22ClN3OS. The van der Waals surface area contributed by atoms with Crippen LogP contribution < -0.4 is 11.1 Å². The number of nitrogens with zero attached hydrogens (tertiary/aromatic N) is 1. The maximum Gasteiger partial charge on any atom is 0.270 e. The van der Waals surface area contributed by atoms with E-state index in [4.69, 9.17) is 17.3 Å². The average molecular weight is 352 g/mol. The molecule has 0 aliphatic heterocycles. The van der Waals surface area contributed by atoms with Crippen LogP contribution in [0.5, 0.6) is 0 Å². The second-order valence-electron chi connectivity index (χ2n) is 6.32. The van der Waals surface area contributed by atoms with Gasteiger partial charge < -0.3 is 11.1 Å². The molecule has 0 fully saturated rings. The zero-order valence-corrected chi connectivity index (χ0v) is 15.0. The number of nitrogens with one attached hydrogen (secondary N) is 1. The number of hydrogen-bond donors (Lipinski definition) is 2. The summed E-state index contributed by atoms with van der Waals surface area (Å²) in [6.07, 6.45) is 1.54. The Hall–Kier alpha value is -1.43. The average Bonchev–Trinajstić information content (AvgIpc) is 2.93. The SMILES string of the molecule is CC(C)(CNC(=O)c1csc(CCN)n1)Cc1cccc(Cl)c1. The lowest BCUT2D eigenvalue weighted by Crippen LogP contribution is -2.35. The fourth-order valence-corrected chi connectivity index (χ4v) is 3.33. The van der Waals surface area contributed by atoms with E-state index >= 15 is 0 Å². The first kappa shape index (κ1) is 17.9. The Morgan fingerprint density at radius 3 is 2.91 bits per heavy atom. The molecule has 124 valence electrons. The molecular weight excluding hydrogens is 330 g/mol. The minimum absolute atomic E-state index is 0.0730. The highest BCUT2D eigenvalue weighted by atomic mass is 35.5. The number of carbonyl (C=O) groups is 1. The predicted molar refractivity (Wildman–Crippen MR) is 96.1 cm³/mol. The number of rotatable bonds is 7. The Morgan fingerprint density at radius 2 is 2.22 bits per heavy atom. The van der Waals surface area contributed by atoms with E-state index in [1.54, 1.807) is 5.38 Å². The third-order valence-electron chi connectivity index (χ3n) is 3.44. The highest BCUT2D eigenvalue weighted by molar-refractivity contribution is 7.09. The number of carbonyl (C=O) groups excluding carboxylic acids is 1. The fourth-order valence-electron chi connectivity index (χ4n) is 2.33. The highest BCUT2D eigenvalue weighted by Gasteiger charge is 2.21. The van der Waals surface area contributed by atoms with Crippen LogP contribution in [0.25, 0.3) is 0 Å². The van der Waals surface area contributed by atoms with Crippen LogP contribution in [0.15, 0.2) is 29.6 Å². The molecule has 1 aromatic heterocycles. The molecule has 0 radical (unpaired) electrons. The Bertz CT molecular complexity index is 669. The molecule has 0 aliphatic carbocycles. The van der Waals surface area contributed by atoms with Gasteiger partial charge in [-0.05, 0) is 36.1 Å². The first-order valence-corrected chi connectivity index (χ1v) is 8.82. The van der Waals surface area contributed by atoms with Gasteiger partial charge in [0.1, 0.15) is 5.69 Å². The van der Waals surface area contributed by atoms with E-state index in [9.17, 15) is 4.79 Å². The van der Waals surface area contributed by atoms with E-state index < -0.39 is 0 Å². The van der Waals surface area contributed by atoms with Gasteiger partial charge in [0.2, 0.25) is 0 Å². The minimum Gasteiger partial charge on any atom is -0.350 e. The third-order valence-corrected chi connectivity index (χ3v) is 4.59. The number of nitrogens with two attached hydrogens (primary N) is 1. The summed E-state index contributed by atoms with van der Waals surface area (Å²) in [6, 6.07) is 7.82. The van der Waals surface area contributed by atoms with Crippen molar-refractivity contribution in [1.82, 2.24) is 10.3 Å². The van der Waals surface area contributed by atoms with Crippen LogP contribution in [-0.4, -0.2) is 24.0 Å². The maximum absolute atomic E-state index is 12.2. The zero-order chi connectivity index (χ0) is 16.9. The largest absolute Gasteiger partial charge is 0.350 e. The summed E-state index contributed by atoms with van der Waals surface area (Å²) in [5, 5.41) is 6.39. The monoisotopic (exact) mass is 351 g/mol. The highest BCUT2D eigenvalue weighted by Crippen LogP contribution is 2.23. The molecule has 6 heteroatoms. The quantitative estimate of drug-likeness (QED) is 0.804. The molecule has 0 bridgehead atoms. The van der Waals surface area contributed by atoms with Crippen molar-refractivity contribution in [2.45, 2.75) is 26.7 Å². The molecule has 0 spiro atoms. The van der Waals surface area contributed by atoms with Gasteiger partial charge in [0, 0.05) is 23.4 Å². The smallest absolute Gasteiger partial charge is 0.270 e. The van der Waals surface area contributed by atoms with Crippen LogP contribution in [0, 0.1) is 5.41 Å². The van der Waals surface area contributed by atoms with Crippen molar-refractivity contribution in [3.63, 3.8) is 0 Å².